The topological polar surface area (TPSA) is 75.1 Å². The van der Waals surface area contributed by atoms with Gasteiger partial charge in [0.2, 0.25) is 0 Å². The van der Waals surface area contributed by atoms with Crippen LogP contribution in [0.5, 0.6) is 0 Å². The summed E-state index contributed by atoms with van der Waals surface area (Å²) < 4.78 is 0. The fraction of sp³-hybridized carbons (Fsp3) is 0.133. The molecule has 0 aliphatic rings. The number of aryl methyl sites for hydroxylation is 1. The lowest BCUT2D eigenvalue weighted by Crippen LogP contribution is -2.13. The van der Waals surface area contributed by atoms with Crippen LogP contribution in [0.2, 0.25) is 0 Å². The molecular formula is C15H13N3O2. The van der Waals surface area contributed by atoms with Crippen molar-refractivity contribution in [3.05, 3.63) is 53.5 Å². The zero-order valence-corrected chi connectivity index (χ0v) is 10.9. The normalized spacial score (nSPS) is 9.50. The van der Waals surface area contributed by atoms with E-state index in [2.05, 4.69) is 27.1 Å². The van der Waals surface area contributed by atoms with E-state index in [1.54, 1.807) is 12.1 Å². The minimum Gasteiger partial charge on any atom is -0.384 e. The number of hydrogen-bond acceptors (Lipinski definition) is 4. The van der Waals surface area contributed by atoms with E-state index in [0.29, 0.717) is 16.9 Å². The van der Waals surface area contributed by atoms with Crippen molar-refractivity contribution in [1.29, 1.82) is 0 Å². The largest absolute Gasteiger partial charge is 0.384 e. The molecule has 0 spiro atoms. The second-order valence-corrected chi connectivity index (χ2v) is 4.09. The van der Waals surface area contributed by atoms with E-state index in [4.69, 9.17) is 5.11 Å². The summed E-state index contributed by atoms with van der Waals surface area (Å²) in [6.07, 6.45) is 4.51. The first-order valence-electron chi connectivity index (χ1n) is 5.98. The fourth-order valence-electron chi connectivity index (χ4n) is 1.68. The molecule has 20 heavy (non-hydrogen) atoms. The first-order valence-corrected chi connectivity index (χ1v) is 5.98. The molecule has 0 fully saturated rings. The van der Waals surface area contributed by atoms with Gasteiger partial charge >= 0.3 is 0 Å². The molecule has 0 unspecified atom stereocenters. The SMILES string of the molecule is Cc1cc(C#CCO)cc(C(=O)Nc2cnccn2)c1. The molecule has 0 radical (unpaired) electrons. The molecule has 5 heteroatoms. The van der Waals surface area contributed by atoms with Gasteiger partial charge in [-0.2, -0.15) is 0 Å². The number of aliphatic hydroxyl groups is 1. The van der Waals surface area contributed by atoms with Crippen LogP contribution in [0.4, 0.5) is 5.82 Å². The van der Waals surface area contributed by atoms with Crippen molar-refractivity contribution in [2.75, 3.05) is 11.9 Å². The molecule has 0 saturated carbocycles. The first kappa shape index (κ1) is 13.7. The third-order valence-electron chi connectivity index (χ3n) is 2.46. The lowest BCUT2D eigenvalue weighted by Gasteiger charge is -2.05. The Morgan fingerprint density at radius 1 is 1.35 bits per heavy atom. The zero-order chi connectivity index (χ0) is 14.4. The molecule has 1 amide bonds. The quantitative estimate of drug-likeness (QED) is 0.806. The van der Waals surface area contributed by atoms with E-state index in [9.17, 15) is 4.79 Å². The summed E-state index contributed by atoms with van der Waals surface area (Å²) in [5.41, 5.74) is 2.08. The van der Waals surface area contributed by atoms with Crippen LogP contribution in [0.3, 0.4) is 0 Å². The average Bonchev–Trinajstić information content (AvgIpc) is 2.45. The third kappa shape index (κ3) is 3.64. The molecular weight excluding hydrogens is 254 g/mol. The van der Waals surface area contributed by atoms with E-state index in [0.717, 1.165) is 5.56 Å². The Morgan fingerprint density at radius 3 is 2.90 bits per heavy atom. The molecule has 1 aromatic carbocycles. The van der Waals surface area contributed by atoms with Gasteiger partial charge in [0.15, 0.2) is 5.82 Å². The molecule has 2 rings (SSSR count). The summed E-state index contributed by atoms with van der Waals surface area (Å²) in [6.45, 7) is 1.66. The van der Waals surface area contributed by atoms with Gasteiger partial charge < -0.3 is 10.4 Å². The van der Waals surface area contributed by atoms with Gasteiger partial charge in [0.25, 0.3) is 5.91 Å². The Labute approximate surface area is 116 Å². The number of carbonyl (C=O) groups is 1. The Hall–Kier alpha value is -2.71. The van der Waals surface area contributed by atoms with Crippen LogP contribution >= 0.6 is 0 Å². The van der Waals surface area contributed by atoms with E-state index in [1.807, 2.05) is 13.0 Å². The summed E-state index contributed by atoms with van der Waals surface area (Å²) in [4.78, 5) is 20.0. The number of hydrogen-bond donors (Lipinski definition) is 2. The fourth-order valence-corrected chi connectivity index (χ4v) is 1.68. The monoisotopic (exact) mass is 267 g/mol. The van der Waals surface area contributed by atoms with Gasteiger partial charge in [-0.1, -0.05) is 11.8 Å². The standard InChI is InChI=1S/C15H13N3O2/c1-11-7-12(3-2-6-19)9-13(8-11)15(20)18-14-10-16-4-5-17-14/h4-5,7-10,19H,6H2,1H3,(H,17,18,20). The Bertz CT molecular complexity index is 673. The molecule has 0 aliphatic carbocycles. The third-order valence-corrected chi connectivity index (χ3v) is 2.46. The highest BCUT2D eigenvalue weighted by atomic mass is 16.2. The number of benzene rings is 1. The van der Waals surface area contributed by atoms with Crippen molar-refractivity contribution in [3.8, 4) is 11.8 Å². The predicted molar refractivity (Wildman–Crippen MR) is 75.1 cm³/mol. The maximum Gasteiger partial charge on any atom is 0.256 e. The molecule has 0 bridgehead atoms. The second kappa shape index (κ2) is 6.45. The number of amides is 1. The van der Waals surface area contributed by atoms with Crippen LogP contribution in [0.25, 0.3) is 0 Å². The smallest absolute Gasteiger partial charge is 0.256 e. The van der Waals surface area contributed by atoms with Crippen molar-refractivity contribution in [1.82, 2.24) is 9.97 Å². The van der Waals surface area contributed by atoms with Crippen LogP contribution < -0.4 is 5.32 Å². The molecule has 2 N–H and O–H groups in total. The maximum atomic E-state index is 12.1. The molecule has 0 aliphatic heterocycles. The van der Waals surface area contributed by atoms with Crippen LogP contribution in [-0.2, 0) is 0 Å². The number of aliphatic hydroxyl groups excluding tert-OH is 1. The van der Waals surface area contributed by atoms with Crippen molar-refractivity contribution in [2.45, 2.75) is 6.92 Å². The number of nitrogens with zero attached hydrogens (tertiary/aromatic N) is 2. The van der Waals surface area contributed by atoms with E-state index >= 15 is 0 Å². The van der Waals surface area contributed by atoms with Gasteiger partial charge in [0.1, 0.15) is 6.61 Å². The van der Waals surface area contributed by atoms with Gasteiger partial charge in [-0.3, -0.25) is 9.78 Å². The van der Waals surface area contributed by atoms with E-state index in [1.165, 1.54) is 18.6 Å². The second-order valence-electron chi connectivity index (χ2n) is 4.09. The van der Waals surface area contributed by atoms with Crippen molar-refractivity contribution in [2.24, 2.45) is 0 Å². The molecule has 1 aromatic heterocycles. The minimum absolute atomic E-state index is 0.213. The Morgan fingerprint density at radius 2 is 2.20 bits per heavy atom. The highest BCUT2D eigenvalue weighted by Gasteiger charge is 2.08. The summed E-state index contributed by atoms with van der Waals surface area (Å²) >= 11 is 0. The van der Waals surface area contributed by atoms with E-state index in [-0.39, 0.29) is 12.5 Å². The van der Waals surface area contributed by atoms with Gasteiger partial charge in [-0.25, -0.2) is 4.98 Å². The summed E-state index contributed by atoms with van der Waals surface area (Å²) in [7, 11) is 0. The maximum absolute atomic E-state index is 12.1. The van der Waals surface area contributed by atoms with Crippen molar-refractivity contribution < 1.29 is 9.90 Å². The summed E-state index contributed by atoms with van der Waals surface area (Å²) in [5.74, 6) is 5.46. The lowest BCUT2D eigenvalue weighted by atomic mass is 10.1. The zero-order valence-electron chi connectivity index (χ0n) is 10.9. The van der Waals surface area contributed by atoms with Crippen molar-refractivity contribution in [3.63, 3.8) is 0 Å². The van der Waals surface area contributed by atoms with Gasteiger partial charge in [-0.15, -0.1) is 0 Å². The molecule has 100 valence electrons. The Balaban J connectivity index is 2.23. The molecule has 0 atom stereocenters. The van der Waals surface area contributed by atoms with Gasteiger partial charge in [0, 0.05) is 23.5 Å². The molecule has 5 nitrogen and oxygen atoms in total. The molecule has 1 heterocycles. The van der Waals surface area contributed by atoms with Gasteiger partial charge in [-0.05, 0) is 30.7 Å². The number of aromatic nitrogens is 2. The molecule has 0 saturated heterocycles. The van der Waals surface area contributed by atoms with Crippen molar-refractivity contribution >= 4 is 11.7 Å². The van der Waals surface area contributed by atoms with E-state index < -0.39 is 0 Å². The number of anilines is 1. The lowest BCUT2D eigenvalue weighted by molar-refractivity contribution is 0.102. The summed E-state index contributed by atoms with van der Waals surface area (Å²) in [5, 5.41) is 11.4. The number of nitrogens with one attached hydrogen (secondary N) is 1. The number of carbonyl (C=O) groups excluding carboxylic acids is 1. The van der Waals surface area contributed by atoms with Crippen LogP contribution in [0.15, 0.2) is 36.8 Å². The predicted octanol–water partition coefficient (Wildman–Crippen LogP) is 1.38. The minimum atomic E-state index is -0.277. The number of rotatable bonds is 2. The summed E-state index contributed by atoms with van der Waals surface area (Å²) in [6, 6.07) is 5.28. The average molecular weight is 267 g/mol. The Kier molecular flexibility index (Phi) is 4.43. The van der Waals surface area contributed by atoms with Gasteiger partial charge in [0.05, 0.1) is 6.20 Å². The highest BCUT2D eigenvalue weighted by molar-refractivity contribution is 6.04. The van der Waals surface area contributed by atoms with Crippen LogP contribution in [0.1, 0.15) is 21.5 Å². The first-order chi connectivity index (χ1) is 9.69. The molecule has 2 aromatic rings. The van der Waals surface area contributed by atoms with Crippen LogP contribution in [-0.4, -0.2) is 27.6 Å². The highest BCUT2D eigenvalue weighted by Crippen LogP contribution is 2.11. The van der Waals surface area contributed by atoms with Crippen LogP contribution in [0, 0.1) is 18.8 Å².